The zero-order chi connectivity index (χ0) is 32.7. The van der Waals surface area contributed by atoms with Crippen molar-refractivity contribution in [2.75, 3.05) is 34.6 Å². The van der Waals surface area contributed by atoms with Gasteiger partial charge in [-0.1, -0.05) is 72.8 Å². The van der Waals surface area contributed by atoms with Crippen molar-refractivity contribution in [2.45, 2.75) is 18.8 Å². The van der Waals surface area contributed by atoms with E-state index >= 15 is 0 Å². The Hall–Kier alpha value is -5.41. The molecule has 4 aromatic carbocycles. The van der Waals surface area contributed by atoms with Gasteiger partial charge in [0.2, 0.25) is 5.91 Å². The fourth-order valence-electron chi connectivity index (χ4n) is 6.75. The van der Waals surface area contributed by atoms with Crippen LogP contribution in [0.15, 0.2) is 91.0 Å². The Morgan fingerprint density at radius 3 is 2.28 bits per heavy atom. The van der Waals surface area contributed by atoms with Crippen molar-refractivity contribution >= 4 is 63.5 Å². The van der Waals surface area contributed by atoms with Crippen LogP contribution in [0.3, 0.4) is 0 Å². The molecule has 1 unspecified atom stereocenters. The number of amides is 3. The Labute approximate surface area is 276 Å². The summed E-state index contributed by atoms with van der Waals surface area (Å²) in [6.45, 7) is 1.99. The van der Waals surface area contributed by atoms with Crippen LogP contribution < -0.4 is 15.5 Å². The maximum Gasteiger partial charge on any atom is 0.411 e. The number of fused-ring (bicyclic) bond motifs is 6. The van der Waals surface area contributed by atoms with Crippen molar-refractivity contribution < 1.29 is 19.1 Å². The minimum Gasteiger partial charge on any atom is -0.448 e. The number of anilines is 3. The number of hydrogen-bond acceptors (Lipinski definition) is 5. The zero-order valence-electron chi connectivity index (χ0n) is 25.9. The Morgan fingerprint density at radius 1 is 0.936 bits per heavy atom. The maximum absolute atomic E-state index is 13.6. The lowest BCUT2D eigenvalue weighted by Gasteiger charge is -2.19. The maximum atomic E-state index is 13.6. The molecule has 2 heterocycles. The van der Waals surface area contributed by atoms with E-state index in [1.165, 1.54) is 13.0 Å². The fraction of sp³-hybridized carbons (Fsp3) is 0.189. The van der Waals surface area contributed by atoms with E-state index in [2.05, 4.69) is 40.0 Å². The molecule has 0 bridgehead atoms. The fourth-order valence-corrected chi connectivity index (χ4v) is 7.01. The van der Waals surface area contributed by atoms with Crippen molar-refractivity contribution in [3.63, 3.8) is 0 Å². The topological polar surface area (TPSA) is 106 Å². The first-order chi connectivity index (χ1) is 22.8. The van der Waals surface area contributed by atoms with Crippen LogP contribution in [0, 0.1) is 0 Å². The van der Waals surface area contributed by atoms with Crippen molar-refractivity contribution in [2.24, 2.45) is 7.05 Å². The summed E-state index contributed by atoms with van der Waals surface area (Å²) >= 11 is 6.45. The molecule has 2 N–H and O–H groups in total. The summed E-state index contributed by atoms with van der Waals surface area (Å²) in [5, 5.41) is 11.6. The predicted octanol–water partition coefficient (Wildman–Crippen LogP) is 7.28. The number of carbonyl (C=O) groups is 3. The normalized spacial score (nSPS) is 15.0. The Morgan fingerprint density at radius 2 is 1.60 bits per heavy atom. The summed E-state index contributed by atoms with van der Waals surface area (Å²) < 4.78 is 7.44. The monoisotopic (exact) mass is 645 g/mol. The standard InChI is InChI=1S/C37H32ClN5O4/c1-22(44)39-34-17-24(42(2)41-34)15-16-35(45)43-20-23(19-38)36-30-14-8-7-13-29(30)32(18-33(36)43)40-37(46)47-21-31-27-11-5-3-9-25(27)26-10-4-6-12-28(26)31/h3-18,23,31H,19-21H2,1-2H3,(H,40,46)(H,39,41,44)/b16-15+. The van der Waals surface area contributed by atoms with E-state index in [0.29, 0.717) is 35.3 Å². The first-order valence-corrected chi connectivity index (χ1v) is 15.9. The predicted molar refractivity (Wildman–Crippen MR) is 185 cm³/mol. The number of nitrogens with one attached hydrogen (secondary N) is 2. The van der Waals surface area contributed by atoms with Gasteiger partial charge in [0.1, 0.15) is 6.61 Å². The number of aromatic nitrogens is 2. The summed E-state index contributed by atoms with van der Waals surface area (Å²) in [5.74, 6) is 0.0827. The van der Waals surface area contributed by atoms with Gasteiger partial charge in [0.15, 0.2) is 5.82 Å². The first-order valence-electron chi connectivity index (χ1n) is 15.4. The lowest BCUT2D eigenvalue weighted by Crippen LogP contribution is -2.28. The number of nitrogens with zero attached hydrogens (tertiary/aromatic N) is 3. The first kappa shape index (κ1) is 30.3. The molecule has 0 spiro atoms. The number of alkyl halides is 1. The van der Waals surface area contributed by atoms with Gasteiger partial charge in [-0.25, -0.2) is 4.79 Å². The summed E-state index contributed by atoms with van der Waals surface area (Å²) in [7, 11) is 1.73. The minimum atomic E-state index is -0.576. The molecule has 1 atom stereocenters. The molecule has 9 nitrogen and oxygen atoms in total. The van der Waals surface area contributed by atoms with E-state index in [-0.39, 0.29) is 30.3 Å². The van der Waals surface area contributed by atoms with E-state index in [1.54, 1.807) is 28.8 Å². The SMILES string of the molecule is CC(=O)Nc1cc(/C=C/C(=O)N2CC(CCl)c3c2cc(NC(=O)OCC2c4ccccc4-c4ccccc42)c2ccccc32)n(C)n1. The number of benzene rings is 4. The smallest absolute Gasteiger partial charge is 0.411 e. The van der Waals surface area contributed by atoms with Gasteiger partial charge in [-0.15, -0.1) is 11.6 Å². The van der Waals surface area contributed by atoms with Gasteiger partial charge in [-0.3, -0.25) is 19.6 Å². The number of halogens is 1. The molecule has 7 rings (SSSR count). The van der Waals surface area contributed by atoms with E-state index in [0.717, 1.165) is 38.6 Å². The van der Waals surface area contributed by atoms with E-state index in [1.807, 2.05) is 54.6 Å². The van der Waals surface area contributed by atoms with Crippen molar-refractivity contribution in [1.29, 1.82) is 0 Å². The third-order valence-corrected chi connectivity index (χ3v) is 9.19. The molecular formula is C37H32ClN5O4. The lowest BCUT2D eigenvalue weighted by molar-refractivity contribution is -0.115. The molecule has 2 aliphatic rings. The highest BCUT2D eigenvalue weighted by atomic mass is 35.5. The van der Waals surface area contributed by atoms with Crippen LogP contribution in [0.5, 0.6) is 0 Å². The number of hydrogen-bond donors (Lipinski definition) is 2. The van der Waals surface area contributed by atoms with Crippen LogP contribution in [-0.2, 0) is 21.4 Å². The van der Waals surface area contributed by atoms with Gasteiger partial charge in [0, 0.05) is 55.8 Å². The molecule has 236 valence electrons. The van der Waals surface area contributed by atoms with Gasteiger partial charge in [-0.05, 0) is 45.3 Å². The molecule has 5 aromatic rings. The van der Waals surface area contributed by atoms with Crippen LogP contribution in [0.2, 0.25) is 0 Å². The Balaban J connectivity index is 1.15. The van der Waals surface area contributed by atoms with Crippen LogP contribution in [0.25, 0.3) is 28.0 Å². The molecular weight excluding hydrogens is 614 g/mol. The molecule has 1 aliphatic carbocycles. The molecule has 0 fully saturated rings. The molecule has 1 aliphatic heterocycles. The van der Waals surface area contributed by atoms with Crippen LogP contribution in [0.1, 0.15) is 41.1 Å². The van der Waals surface area contributed by atoms with Crippen LogP contribution >= 0.6 is 11.6 Å². The second-order valence-corrected chi connectivity index (χ2v) is 12.1. The highest BCUT2D eigenvalue weighted by molar-refractivity contribution is 6.19. The van der Waals surface area contributed by atoms with Crippen LogP contribution in [0.4, 0.5) is 22.0 Å². The average molecular weight is 646 g/mol. The minimum absolute atomic E-state index is 0.0666. The molecule has 0 saturated carbocycles. The highest BCUT2D eigenvalue weighted by Crippen LogP contribution is 2.46. The molecule has 0 saturated heterocycles. The average Bonchev–Trinajstić information content (AvgIpc) is 3.73. The van der Waals surface area contributed by atoms with Gasteiger partial charge in [0.05, 0.1) is 17.1 Å². The second-order valence-electron chi connectivity index (χ2n) is 11.7. The molecule has 47 heavy (non-hydrogen) atoms. The largest absolute Gasteiger partial charge is 0.448 e. The van der Waals surface area contributed by atoms with Crippen molar-refractivity contribution in [1.82, 2.24) is 9.78 Å². The van der Waals surface area contributed by atoms with Crippen LogP contribution in [-0.4, -0.2) is 46.7 Å². The summed E-state index contributed by atoms with van der Waals surface area (Å²) in [4.78, 5) is 40.1. The quantitative estimate of drug-likeness (QED) is 0.143. The number of aryl methyl sites for hydroxylation is 1. The zero-order valence-corrected chi connectivity index (χ0v) is 26.6. The lowest BCUT2D eigenvalue weighted by atomic mass is 9.95. The molecule has 0 radical (unpaired) electrons. The van der Waals surface area contributed by atoms with E-state index in [4.69, 9.17) is 16.3 Å². The summed E-state index contributed by atoms with van der Waals surface area (Å²) in [5.41, 5.74) is 7.42. The van der Waals surface area contributed by atoms with Gasteiger partial charge in [0.25, 0.3) is 5.91 Å². The van der Waals surface area contributed by atoms with Gasteiger partial charge >= 0.3 is 6.09 Å². The van der Waals surface area contributed by atoms with Gasteiger partial charge < -0.3 is 15.0 Å². The number of carbonyl (C=O) groups excluding carboxylic acids is 3. The number of rotatable bonds is 7. The van der Waals surface area contributed by atoms with Gasteiger partial charge in [-0.2, -0.15) is 5.10 Å². The van der Waals surface area contributed by atoms with E-state index in [9.17, 15) is 14.4 Å². The highest BCUT2D eigenvalue weighted by Gasteiger charge is 2.34. The summed E-state index contributed by atoms with van der Waals surface area (Å²) in [6.07, 6.45) is 2.56. The second kappa shape index (κ2) is 12.4. The van der Waals surface area contributed by atoms with Crippen molar-refractivity contribution in [3.05, 3.63) is 113 Å². The summed E-state index contributed by atoms with van der Waals surface area (Å²) in [6, 6.07) is 27.7. The Kier molecular flexibility index (Phi) is 7.99. The number of ether oxygens (including phenoxy) is 1. The van der Waals surface area contributed by atoms with Crippen molar-refractivity contribution in [3.8, 4) is 11.1 Å². The molecule has 3 amide bonds. The molecule has 1 aromatic heterocycles. The third-order valence-electron chi connectivity index (χ3n) is 8.82. The Bertz CT molecular complexity index is 2040. The molecule has 10 heteroatoms. The van der Waals surface area contributed by atoms with E-state index < -0.39 is 6.09 Å². The third kappa shape index (κ3) is 5.63.